The van der Waals surface area contributed by atoms with Gasteiger partial charge in [0.1, 0.15) is 11.5 Å². The fourth-order valence-corrected chi connectivity index (χ4v) is 12.9. The second-order valence-corrected chi connectivity index (χ2v) is 18.7. The maximum Gasteiger partial charge on any atom is 0.174 e. The fourth-order valence-electron chi connectivity index (χ4n) is 6.21. The maximum absolute atomic E-state index is 16.0. The normalized spacial score (nSPS) is 15.7. The van der Waals surface area contributed by atoms with E-state index in [0.717, 1.165) is 32.3 Å². The largest absolute Gasteiger partial charge is 0.460 e. The molecule has 1 aliphatic heterocycles. The summed E-state index contributed by atoms with van der Waals surface area (Å²) in [4.78, 5) is 0. The van der Waals surface area contributed by atoms with Crippen molar-refractivity contribution in [3.8, 4) is 5.75 Å². The van der Waals surface area contributed by atoms with Crippen LogP contribution in [0, 0.1) is 0 Å². The molecule has 1 heterocycles. The predicted molar refractivity (Wildman–Crippen MR) is 202 cm³/mol. The Kier molecular flexibility index (Phi) is 9.15. The van der Waals surface area contributed by atoms with Crippen LogP contribution in [0.25, 0.3) is 5.31 Å². The average Bonchev–Trinajstić information content (AvgIpc) is 3.14. The molecule has 0 aromatic heterocycles. The van der Waals surface area contributed by atoms with Crippen molar-refractivity contribution in [3.05, 3.63) is 192 Å². The van der Waals surface area contributed by atoms with Crippen LogP contribution in [-0.2, 0) is 16.4 Å². The molecule has 47 heavy (non-hydrogen) atoms. The second kappa shape index (κ2) is 13.6. The van der Waals surface area contributed by atoms with E-state index in [1.54, 1.807) is 0 Å². The summed E-state index contributed by atoms with van der Waals surface area (Å²) >= 11 is 13.3. The number of halogens is 1. The molecule has 6 aromatic rings. The van der Waals surface area contributed by atoms with Crippen LogP contribution in [0.15, 0.2) is 176 Å². The van der Waals surface area contributed by atoms with E-state index in [1.807, 2.05) is 146 Å². The van der Waals surface area contributed by atoms with E-state index in [0.29, 0.717) is 28.3 Å². The topological polar surface area (TPSA) is 38.3 Å². The standard InChI is InChI=1S/C40H32ClNO2P2S/c41-31-26-27-38-36(28-31)37(42-46(47,34-22-12-4-13-23-34)35-24-14-5-15-25-35)29-39(44-38)40(30-16-6-1-7-17-30)45(43,32-18-8-2-9-19-32)33-20-10-3-11-21-33/h1-28,37H,29H2,(H,42,47)/b40-39-. The van der Waals surface area contributed by atoms with Crippen molar-refractivity contribution < 1.29 is 9.30 Å². The van der Waals surface area contributed by atoms with E-state index in [4.69, 9.17) is 28.1 Å². The van der Waals surface area contributed by atoms with Crippen LogP contribution in [0.1, 0.15) is 23.6 Å². The number of fused-ring (bicyclic) bond motifs is 1. The van der Waals surface area contributed by atoms with Crippen molar-refractivity contribution >= 4 is 63.3 Å². The molecule has 0 aliphatic carbocycles. The molecule has 1 N–H and O–H groups in total. The van der Waals surface area contributed by atoms with E-state index in [1.165, 1.54) is 0 Å². The van der Waals surface area contributed by atoms with Gasteiger partial charge < -0.3 is 9.30 Å². The van der Waals surface area contributed by atoms with Crippen LogP contribution in [-0.4, -0.2) is 0 Å². The quantitative estimate of drug-likeness (QED) is 0.162. The lowest BCUT2D eigenvalue weighted by molar-refractivity contribution is 0.353. The number of benzene rings is 6. The highest BCUT2D eigenvalue weighted by Crippen LogP contribution is 2.60. The number of ether oxygens (including phenoxy) is 1. The van der Waals surface area contributed by atoms with E-state index >= 15 is 4.57 Å². The predicted octanol–water partition coefficient (Wildman–Crippen LogP) is 9.18. The van der Waals surface area contributed by atoms with Gasteiger partial charge in [-0.25, -0.2) is 0 Å². The Labute approximate surface area is 286 Å². The third-order valence-electron chi connectivity index (χ3n) is 8.41. The Hall–Kier alpha value is -4.01. The monoisotopic (exact) mass is 687 g/mol. The summed E-state index contributed by atoms with van der Waals surface area (Å²) in [6.07, 6.45) is -2.14. The van der Waals surface area contributed by atoms with Crippen molar-refractivity contribution in [3.63, 3.8) is 0 Å². The molecule has 0 spiro atoms. The van der Waals surface area contributed by atoms with Gasteiger partial charge in [-0.05, 0) is 23.8 Å². The van der Waals surface area contributed by atoms with Crippen molar-refractivity contribution in [2.24, 2.45) is 0 Å². The molecule has 1 unspecified atom stereocenters. The molecule has 3 nitrogen and oxygen atoms in total. The first-order valence-electron chi connectivity index (χ1n) is 15.4. The summed E-state index contributed by atoms with van der Waals surface area (Å²) in [7, 11) is -3.46. The minimum absolute atomic E-state index is 0.280. The van der Waals surface area contributed by atoms with Gasteiger partial charge in [-0.1, -0.05) is 175 Å². The van der Waals surface area contributed by atoms with Crippen molar-refractivity contribution in [1.82, 2.24) is 5.09 Å². The number of hydrogen-bond donors (Lipinski definition) is 1. The van der Waals surface area contributed by atoms with E-state index in [-0.39, 0.29) is 6.04 Å². The molecule has 7 heteroatoms. The first-order valence-corrected chi connectivity index (χ1v) is 20.3. The number of rotatable bonds is 8. The molecular weight excluding hydrogens is 656 g/mol. The van der Waals surface area contributed by atoms with Gasteiger partial charge in [0.05, 0.1) is 11.5 Å². The Balaban J connectivity index is 1.48. The van der Waals surface area contributed by atoms with Crippen molar-refractivity contribution in [2.45, 2.75) is 12.5 Å². The highest BCUT2D eigenvalue weighted by molar-refractivity contribution is 8.20. The Bertz CT molecular complexity index is 2040. The first kappa shape index (κ1) is 31.6. The molecule has 1 aliphatic rings. The molecule has 232 valence electrons. The van der Waals surface area contributed by atoms with E-state index in [9.17, 15) is 0 Å². The molecule has 0 amide bonds. The number of hydrogen-bond acceptors (Lipinski definition) is 3. The van der Waals surface area contributed by atoms with Crippen LogP contribution in [0.3, 0.4) is 0 Å². The maximum atomic E-state index is 16.0. The third-order valence-corrected chi connectivity index (χ3v) is 16.1. The van der Waals surface area contributed by atoms with Gasteiger partial charge in [-0.15, -0.1) is 0 Å². The Morgan fingerprint density at radius 2 is 1.09 bits per heavy atom. The van der Waals surface area contributed by atoms with E-state index in [2.05, 4.69) is 29.4 Å². The van der Waals surface area contributed by atoms with Gasteiger partial charge in [0.15, 0.2) is 7.14 Å². The summed E-state index contributed by atoms with van der Waals surface area (Å²) in [6, 6.07) is 55.4. The molecule has 0 saturated carbocycles. The second-order valence-electron chi connectivity index (χ2n) is 11.4. The van der Waals surface area contributed by atoms with Gasteiger partial charge >= 0.3 is 0 Å². The average molecular weight is 688 g/mol. The Morgan fingerprint density at radius 1 is 0.638 bits per heavy atom. The SMILES string of the molecule is O=P(/C(=C1/CC(NP(=S)(c2ccccc2)c2ccccc2)c2cc(Cl)ccc2O1)c1ccccc1)(c1ccccc1)c1ccccc1. The van der Waals surface area contributed by atoms with Crippen molar-refractivity contribution in [1.29, 1.82) is 0 Å². The molecule has 0 bridgehead atoms. The van der Waals surface area contributed by atoms with Crippen molar-refractivity contribution in [2.75, 3.05) is 0 Å². The summed E-state index contributed by atoms with van der Waals surface area (Å²) < 4.78 is 22.9. The molecule has 6 aromatic carbocycles. The van der Waals surface area contributed by atoms with E-state index < -0.39 is 13.3 Å². The fraction of sp³-hybridized carbons (Fsp3) is 0.0500. The lowest BCUT2D eigenvalue weighted by Crippen LogP contribution is -2.33. The highest BCUT2D eigenvalue weighted by atomic mass is 35.5. The third kappa shape index (κ3) is 6.21. The zero-order valence-corrected chi connectivity index (χ0v) is 28.8. The van der Waals surface area contributed by atoms with Crippen LogP contribution < -0.4 is 31.0 Å². The molecule has 0 radical (unpaired) electrons. The van der Waals surface area contributed by atoms with Crippen LogP contribution in [0.4, 0.5) is 0 Å². The van der Waals surface area contributed by atoms with Gasteiger partial charge in [-0.2, -0.15) is 0 Å². The van der Waals surface area contributed by atoms with Gasteiger partial charge in [-0.3, -0.25) is 5.09 Å². The van der Waals surface area contributed by atoms with Gasteiger partial charge in [0.25, 0.3) is 0 Å². The van der Waals surface area contributed by atoms with Crippen LogP contribution >= 0.6 is 24.9 Å². The lowest BCUT2D eigenvalue weighted by Gasteiger charge is -2.36. The minimum Gasteiger partial charge on any atom is -0.460 e. The molecule has 0 fully saturated rings. The van der Waals surface area contributed by atoms with Gasteiger partial charge in [0.2, 0.25) is 0 Å². The van der Waals surface area contributed by atoms with Gasteiger partial charge in [0, 0.05) is 44.3 Å². The summed E-state index contributed by atoms with van der Waals surface area (Å²) in [5.74, 6) is 1.30. The number of nitrogens with one attached hydrogen (secondary N) is 1. The van der Waals surface area contributed by atoms with Crippen LogP contribution in [0.5, 0.6) is 5.75 Å². The molecular formula is C40H32ClNO2P2S. The molecule has 0 saturated heterocycles. The summed E-state index contributed by atoms with van der Waals surface area (Å²) in [5.41, 5.74) is 1.77. The molecule has 7 rings (SSSR count). The lowest BCUT2D eigenvalue weighted by atomic mass is 9.98. The zero-order valence-electron chi connectivity index (χ0n) is 25.4. The molecule has 1 atom stereocenters. The zero-order chi connectivity index (χ0) is 32.3. The highest BCUT2D eigenvalue weighted by Gasteiger charge is 2.40. The minimum atomic E-state index is -3.46. The summed E-state index contributed by atoms with van der Waals surface area (Å²) in [6.45, 7) is 0. The smallest absolute Gasteiger partial charge is 0.174 e. The summed E-state index contributed by atoms with van der Waals surface area (Å²) in [5, 5.41) is 8.87. The van der Waals surface area contributed by atoms with Crippen LogP contribution in [0.2, 0.25) is 5.02 Å². The first-order chi connectivity index (χ1) is 23.0. The Morgan fingerprint density at radius 3 is 1.57 bits per heavy atom.